The average Bonchev–Trinajstić information content (AvgIpc) is 2.48. The van der Waals surface area contributed by atoms with Crippen molar-refractivity contribution in [1.82, 2.24) is 4.90 Å². The average molecular weight is 263 g/mol. The van der Waals surface area contributed by atoms with Gasteiger partial charge in [-0.15, -0.1) is 0 Å². The first kappa shape index (κ1) is 13.7. The lowest BCUT2D eigenvalue weighted by atomic mass is 10.1. The molecule has 1 heterocycles. The van der Waals surface area contributed by atoms with Crippen LogP contribution in [0.5, 0.6) is 5.75 Å². The number of hydrogen-bond acceptors (Lipinski definition) is 3. The second-order valence-electron chi connectivity index (χ2n) is 4.72. The summed E-state index contributed by atoms with van der Waals surface area (Å²) in [5.74, 6) is 0.647. The number of anilines is 1. The molecule has 1 saturated heterocycles. The van der Waals surface area contributed by atoms with Crippen molar-refractivity contribution in [3.63, 3.8) is 0 Å². The van der Waals surface area contributed by atoms with Gasteiger partial charge in [0.15, 0.2) is 0 Å². The van der Waals surface area contributed by atoms with Gasteiger partial charge in [0.1, 0.15) is 5.75 Å². The van der Waals surface area contributed by atoms with E-state index in [2.05, 4.69) is 5.32 Å². The number of likely N-dealkylation sites (tertiary alicyclic amines) is 1. The van der Waals surface area contributed by atoms with E-state index in [9.17, 15) is 4.79 Å². The second kappa shape index (κ2) is 6.43. The standard InChI is InChI=1S/C14H21N3O2/c1-19-13-9-11(10-15)5-6-12(13)16-14(18)17-7-3-2-4-8-17/h5-6,9H,2-4,7-8,10,15H2,1H3,(H,16,18). The highest BCUT2D eigenvalue weighted by Crippen LogP contribution is 2.26. The molecule has 1 aliphatic rings. The molecule has 1 aromatic carbocycles. The smallest absolute Gasteiger partial charge is 0.321 e. The van der Waals surface area contributed by atoms with Crippen molar-refractivity contribution in [3.05, 3.63) is 23.8 Å². The lowest BCUT2D eigenvalue weighted by Gasteiger charge is -2.27. The number of ether oxygens (including phenoxy) is 1. The minimum Gasteiger partial charge on any atom is -0.495 e. The molecule has 1 aliphatic heterocycles. The summed E-state index contributed by atoms with van der Waals surface area (Å²) in [4.78, 5) is 14.0. The second-order valence-corrected chi connectivity index (χ2v) is 4.72. The van der Waals surface area contributed by atoms with E-state index < -0.39 is 0 Å². The van der Waals surface area contributed by atoms with Crippen LogP contribution in [-0.4, -0.2) is 31.1 Å². The Kier molecular flexibility index (Phi) is 4.63. The third kappa shape index (κ3) is 3.38. The number of methoxy groups -OCH3 is 1. The largest absolute Gasteiger partial charge is 0.495 e. The predicted molar refractivity (Wildman–Crippen MR) is 75.3 cm³/mol. The first-order valence-electron chi connectivity index (χ1n) is 6.67. The van der Waals surface area contributed by atoms with Crippen LogP contribution in [0, 0.1) is 0 Å². The van der Waals surface area contributed by atoms with Crippen LogP contribution in [0.4, 0.5) is 10.5 Å². The lowest BCUT2D eigenvalue weighted by molar-refractivity contribution is 0.200. The van der Waals surface area contributed by atoms with E-state index in [0.717, 1.165) is 31.5 Å². The zero-order valence-corrected chi connectivity index (χ0v) is 11.3. The summed E-state index contributed by atoms with van der Waals surface area (Å²) < 4.78 is 5.29. The number of amides is 2. The van der Waals surface area contributed by atoms with Crippen LogP contribution >= 0.6 is 0 Å². The van der Waals surface area contributed by atoms with Gasteiger partial charge in [0, 0.05) is 19.6 Å². The Morgan fingerprint density at radius 2 is 2.11 bits per heavy atom. The third-order valence-corrected chi connectivity index (χ3v) is 3.39. The maximum atomic E-state index is 12.1. The number of carbonyl (C=O) groups excluding carboxylic acids is 1. The molecule has 2 amide bonds. The Balaban J connectivity index is 2.07. The van der Waals surface area contributed by atoms with Gasteiger partial charge in [-0.05, 0) is 37.0 Å². The normalized spacial score (nSPS) is 15.2. The predicted octanol–water partition coefficient (Wildman–Crippen LogP) is 2.17. The van der Waals surface area contributed by atoms with Gasteiger partial charge in [0.05, 0.1) is 12.8 Å². The Morgan fingerprint density at radius 1 is 1.37 bits per heavy atom. The molecule has 1 aromatic rings. The third-order valence-electron chi connectivity index (χ3n) is 3.39. The summed E-state index contributed by atoms with van der Waals surface area (Å²) in [6.45, 7) is 2.11. The highest BCUT2D eigenvalue weighted by Gasteiger charge is 2.17. The molecule has 0 aliphatic carbocycles. The minimum absolute atomic E-state index is 0.0569. The van der Waals surface area contributed by atoms with Gasteiger partial charge in [-0.3, -0.25) is 0 Å². The molecule has 19 heavy (non-hydrogen) atoms. The number of carbonyl (C=O) groups is 1. The summed E-state index contributed by atoms with van der Waals surface area (Å²) in [5.41, 5.74) is 7.26. The van der Waals surface area contributed by atoms with E-state index in [-0.39, 0.29) is 6.03 Å². The molecule has 0 atom stereocenters. The fourth-order valence-corrected chi connectivity index (χ4v) is 2.26. The zero-order chi connectivity index (χ0) is 13.7. The number of piperidine rings is 1. The fourth-order valence-electron chi connectivity index (χ4n) is 2.26. The monoisotopic (exact) mass is 263 g/mol. The van der Waals surface area contributed by atoms with E-state index in [1.54, 1.807) is 7.11 Å². The van der Waals surface area contributed by atoms with E-state index in [1.807, 2.05) is 23.1 Å². The van der Waals surface area contributed by atoms with Crippen LogP contribution in [0.1, 0.15) is 24.8 Å². The van der Waals surface area contributed by atoms with E-state index in [1.165, 1.54) is 6.42 Å². The van der Waals surface area contributed by atoms with Gasteiger partial charge in [-0.1, -0.05) is 6.07 Å². The number of benzene rings is 1. The van der Waals surface area contributed by atoms with Crippen molar-refractivity contribution >= 4 is 11.7 Å². The highest BCUT2D eigenvalue weighted by atomic mass is 16.5. The quantitative estimate of drug-likeness (QED) is 0.878. The summed E-state index contributed by atoms with van der Waals surface area (Å²) >= 11 is 0. The number of hydrogen-bond donors (Lipinski definition) is 2. The maximum absolute atomic E-state index is 12.1. The molecule has 0 unspecified atom stereocenters. The maximum Gasteiger partial charge on any atom is 0.321 e. The summed E-state index contributed by atoms with van der Waals surface area (Å²) in [7, 11) is 1.59. The SMILES string of the molecule is COc1cc(CN)ccc1NC(=O)N1CCCCC1. The summed E-state index contributed by atoms with van der Waals surface area (Å²) in [6.07, 6.45) is 3.37. The molecule has 3 N–H and O–H groups in total. The van der Waals surface area contributed by atoms with Crippen molar-refractivity contribution in [3.8, 4) is 5.75 Å². The molecule has 1 fully saturated rings. The molecule has 2 rings (SSSR count). The van der Waals surface area contributed by atoms with Gasteiger partial charge in [0.2, 0.25) is 0 Å². The molecular weight excluding hydrogens is 242 g/mol. The molecule has 0 bridgehead atoms. The van der Waals surface area contributed by atoms with Crippen molar-refractivity contribution in [2.45, 2.75) is 25.8 Å². The minimum atomic E-state index is -0.0569. The van der Waals surface area contributed by atoms with Gasteiger partial charge in [-0.25, -0.2) is 4.79 Å². The Hall–Kier alpha value is -1.75. The van der Waals surface area contributed by atoms with Crippen LogP contribution in [0.3, 0.4) is 0 Å². The van der Waals surface area contributed by atoms with Crippen molar-refractivity contribution in [2.75, 3.05) is 25.5 Å². The first-order valence-corrected chi connectivity index (χ1v) is 6.67. The number of nitrogens with one attached hydrogen (secondary N) is 1. The van der Waals surface area contributed by atoms with E-state index in [0.29, 0.717) is 18.0 Å². The number of nitrogens with zero attached hydrogens (tertiary/aromatic N) is 1. The zero-order valence-electron chi connectivity index (χ0n) is 11.3. The van der Waals surface area contributed by atoms with Gasteiger partial charge in [0.25, 0.3) is 0 Å². The fraction of sp³-hybridized carbons (Fsp3) is 0.500. The Labute approximate surface area is 113 Å². The molecular formula is C14H21N3O2. The van der Waals surface area contributed by atoms with Crippen LogP contribution in [0.2, 0.25) is 0 Å². The molecule has 0 aromatic heterocycles. The van der Waals surface area contributed by atoms with Crippen LogP contribution in [0.15, 0.2) is 18.2 Å². The summed E-state index contributed by atoms with van der Waals surface area (Å²) in [6, 6.07) is 5.53. The number of rotatable bonds is 3. The number of nitrogens with two attached hydrogens (primary N) is 1. The first-order chi connectivity index (χ1) is 9.24. The Bertz CT molecular complexity index is 442. The number of urea groups is 1. The molecule has 104 valence electrons. The van der Waals surface area contributed by atoms with Gasteiger partial charge < -0.3 is 20.7 Å². The van der Waals surface area contributed by atoms with Gasteiger partial charge in [-0.2, -0.15) is 0 Å². The van der Waals surface area contributed by atoms with Crippen molar-refractivity contribution in [1.29, 1.82) is 0 Å². The topological polar surface area (TPSA) is 67.6 Å². The highest BCUT2D eigenvalue weighted by molar-refractivity contribution is 5.91. The van der Waals surface area contributed by atoms with Crippen LogP contribution in [0.25, 0.3) is 0 Å². The molecule has 0 saturated carbocycles. The molecule has 0 radical (unpaired) electrons. The van der Waals surface area contributed by atoms with Crippen molar-refractivity contribution in [2.24, 2.45) is 5.73 Å². The van der Waals surface area contributed by atoms with Gasteiger partial charge >= 0.3 is 6.03 Å². The summed E-state index contributed by atoms with van der Waals surface area (Å²) in [5, 5.41) is 2.90. The van der Waals surface area contributed by atoms with Crippen LogP contribution < -0.4 is 15.8 Å². The molecule has 5 nitrogen and oxygen atoms in total. The van der Waals surface area contributed by atoms with E-state index >= 15 is 0 Å². The molecule has 5 heteroatoms. The van der Waals surface area contributed by atoms with Crippen LogP contribution in [-0.2, 0) is 6.54 Å². The Morgan fingerprint density at radius 3 is 2.74 bits per heavy atom. The van der Waals surface area contributed by atoms with Crippen molar-refractivity contribution < 1.29 is 9.53 Å². The lowest BCUT2D eigenvalue weighted by Crippen LogP contribution is -2.38. The van der Waals surface area contributed by atoms with E-state index in [4.69, 9.17) is 10.5 Å². The molecule has 0 spiro atoms.